The maximum atomic E-state index is 13.6. The molecule has 0 spiro atoms. The van der Waals surface area contributed by atoms with Crippen LogP contribution in [0.25, 0.3) is 10.9 Å². The second-order valence-corrected chi connectivity index (χ2v) is 16.2. The molecule has 0 aliphatic rings. The van der Waals surface area contributed by atoms with Crippen LogP contribution in [0.3, 0.4) is 0 Å². The van der Waals surface area contributed by atoms with Gasteiger partial charge in [0.1, 0.15) is 19.4 Å². The third kappa shape index (κ3) is 11.6. The van der Waals surface area contributed by atoms with Crippen molar-refractivity contribution in [2.45, 2.75) is 58.0 Å². The van der Waals surface area contributed by atoms with Crippen molar-refractivity contribution in [3.63, 3.8) is 0 Å². The molecule has 0 bridgehead atoms. The largest absolute Gasteiger partial charge is 0.480 e. The van der Waals surface area contributed by atoms with Crippen LogP contribution in [0.2, 0.25) is 0 Å². The molecule has 0 fully saturated rings. The highest BCUT2D eigenvalue weighted by Gasteiger charge is 2.34. The summed E-state index contributed by atoms with van der Waals surface area (Å²) in [5.74, 6) is -4.19. The summed E-state index contributed by atoms with van der Waals surface area (Å²) in [4.78, 5) is 65.6. The Hall–Kier alpha value is -3.52. The number of carboxylic acid groups (broad SMARTS) is 1. The molecule has 3 rings (SSSR count). The van der Waals surface area contributed by atoms with Crippen molar-refractivity contribution in [3.8, 4) is 0 Å². The lowest BCUT2D eigenvalue weighted by Crippen LogP contribution is -2.49. The lowest BCUT2D eigenvalue weighted by atomic mass is 9.96. The fourth-order valence-electron chi connectivity index (χ4n) is 5.25. The van der Waals surface area contributed by atoms with Crippen molar-refractivity contribution < 1.29 is 37.7 Å². The van der Waals surface area contributed by atoms with Gasteiger partial charge in [-0.2, -0.15) is 0 Å². The topological polar surface area (TPSA) is 224 Å². The molecule has 47 heavy (non-hydrogen) atoms. The zero-order valence-electron chi connectivity index (χ0n) is 26.8. The number of nitrogens with two attached hydrogens (primary N) is 1. The molecule has 3 atom stereocenters. The van der Waals surface area contributed by atoms with Gasteiger partial charge in [0.25, 0.3) is 0 Å². The number of benzene rings is 2. The smallest absolute Gasteiger partial charge is 0.326 e. The van der Waals surface area contributed by atoms with Crippen LogP contribution in [0.1, 0.15) is 44.2 Å². The number of para-hydroxylation sites is 1. The molecule has 0 saturated carbocycles. The summed E-state index contributed by atoms with van der Waals surface area (Å²) in [5.41, 5.74) is 7.58. The van der Waals surface area contributed by atoms with E-state index in [0.717, 1.165) is 17.2 Å². The van der Waals surface area contributed by atoms with E-state index < -0.39 is 65.2 Å². The van der Waals surface area contributed by atoms with Gasteiger partial charge in [0.15, 0.2) is 0 Å². The van der Waals surface area contributed by atoms with E-state index in [0.29, 0.717) is 30.5 Å². The number of aromatic nitrogens is 1. The number of carbonyl (C=O) groups is 3. The van der Waals surface area contributed by atoms with Gasteiger partial charge in [-0.1, -0.05) is 68.8 Å². The predicted octanol–water partition coefficient (Wildman–Crippen LogP) is 1.92. The minimum Gasteiger partial charge on any atom is -0.480 e. The molecule has 3 aromatic rings. The molecule has 9 N–H and O–H groups in total. The first-order valence-corrected chi connectivity index (χ1v) is 19.2. The predicted molar refractivity (Wildman–Crippen MR) is 184 cm³/mol. The highest BCUT2D eigenvalue weighted by atomic mass is 32.2. The van der Waals surface area contributed by atoms with Crippen molar-refractivity contribution in [2.24, 2.45) is 17.6 Å². The minimum absolute atomic E-state index is 0.00520. The number of unbranched alkanes of at least 4 members (excludes halogenated alkanes) is 1. The van der Waals surface area contributed by atoms with Crippen LogP contribution in [0.4, 0.5) is 0 Å². The van der Waals surface area contributed by atoms with Gasteiger partial charge in [0.2, 0.25) is 21.8 Å². The van der Waals surface area contributed by atoms with E-state index in [1.165, 1.54) is 0 Å². The van der Waals surface area contributed by atoms with Crippen LogP contribution >= 0.6 is 7.34 Å². The second-order valence-electron chi connectivity index (χ2n) is 12.1. The molecule has 1 heterocycles. The fraction of sp³-hybridized carbons (Fsp3) is 0.438. The van der Waals surface area contributed by atoms with Crippen molar-refractivity contribution >= 4 is 51.5 Å². The van der Waals surface area contributed by atoms with Crippen LogP contribution in [0.15, 0.2) is 60.8 Å². The number of amides is 2. The van der Waals surface area contributed by atoms with E-state index >= 15 is 0 Å². The molecule has 0 saturated heterocycles. The number of sulfonamides is 1. The molecule has 258 valence electrons. The SMILES string of the molecule is CC(C)C(CP(O)(O)=C(Cc1ccccc1)NC(=O)[C@H](CCCCN)NS(C)(=O)=O)C(=O)N[C@@H](Cc1c[nH]c2ccccc12)C(=O)O. The van der Waals surface area contributed by atoms with E-state index in [1.807, 2.05) is 24.3 Å². The Morgan fingerprint density at radius 1 is 0.957 bits per heavy atom. The number of hydrogen-bond acceptors (Lipinski definition) is 8. The monoisotopic (exact) mass is 691 g/mol. The summed E-state index contributed by atoms with van der Waals surface area (Å²) in [5, 5.41) is 16.0. The first kappa shape index (κ1) is 37.9. The quantitative estimate of drug-likeness (QED) is 0.0720. The number of hydrogen-bond donors (Lipinski definition) is 8. The Kier molecular flexibility index (Phi) is 13.8. The Balaban J connectivity index is 1.92. The standard InChI is InChI=1S/C32H46N5O8PS/c1-21(2)25(30(38)35-28(32(40)41)18-23-19-34-26-14-8-7-13-24(23)26)20-46(42,43)29(17-22-11-5-4-6-12-22)36-31(39)27(15-9-10-16-33)37-47(3,44)45/h4-8,11-14,19,21,25,27-28,34,37,42-43H,9-10,15-18,20,33H2,1-3H3,(H,35,38)(H,36,39)(H,40,41)/t25?,27-,28-/m0/s1. The highest BCUT2D eigenvalue weighted by Crippen LogP contribution is 2.43. The number of H-pyrrole nitrogens is 1. The number of aliphatic carboxylic acids is 1. The average molecular weight is 692 g/mol. The van der Waals surface area contributed by atoms with E-state index in [4.69, 9.17) is 5.73 Å². The first-order valence-electron chi connectivity index (χ1n) is 15.4. The van der Waals surface area contributed by atoms with Gasteiger partial charge in [-0.15, -0.1) is 0 Å². The van der Waals surface area contributed by atoms with Gasteiger partial charge in [0.05, 0.1) is 11.7 Å². The van der Waals surface area contributed by atoms with E-state index in [2.05, 4.69) is 20.3 Å². The van der Waals surface area contributed by atoms with Crippen molar-refractivity contribution in [2.75, 3.05) is 19.0 Å². The number of aromatic amines is 1. The molecule has 1 unspecified atom stereocenters. The van der Waals surface area contributed by atoms with Crippen LogP contribution in [0, 0.1) is 11.8 Å². The van der Waals surface area contributed by atoms with Crippen molar-refractivity contribution in [3.05, 3.63) is 71.9 Å². The molecular weight excluding hydrogens is 645 g/mol. The lowest BCUT2D eigenvalue weighted by Gasteiger charge is -2.28. The first-order chi connectivity index (χ1) is 22.1. The lowest BCUT2D eigenvalue weighted by molar-refractivity contribution is -0.142. The van der Waals surface area contributed by atoms with Crippen molar-refractivity contribution in [1.82, 2.24) is 20.3 Å². The third-order valence-electron chi connectivity index (χ3n) is 7.84. The minimum atomic E-state index is -4.24. The van der Waals surface area contributed by atoms with Crippen molar-refractivity contribution in [1.29, 1.82) is 0 Å². The number of rotatable bonds is 18. The Bertz CT molecular complexity index is 1690. The fourth-order valence-corrected chi connectivity index (χ4v) is 8.08. The zero-order valence-corrected chi connectivity index (χ0v) is 28.6. The summed E-state index contributed by atoms with van der Waals surface area (Å²) in [6.07, 6.45) is 3.17. The second kappa shape index (κ2) is 17.0. The molecule has 0 radical (unpaired) electrons. The maximum absolute atomic E-state index is 13.6. The summed E-state index contributed by atoms with van der Waals surface area (Å²) in [6.45, 7) is 3.76. The molecular formula is C32H46N5O8PS. The van der Waals surface area contributed by atoms with Crippen LogP contribution in [-0.2, 0) is 37.2 Å². The van der Waals surface area contributed by atoms with Gasteiger partial charge in [-0.3, -0.25) is 9.59 Å². The average Bonchev–Trinajstić information content (AvgIpc) is 3.41. The summed E-state index contributed by atoms with van der Waals surface area (Å²) >= 11 is 0. The molecule has 13 nitrogen and oxygen atoms in total. The molecule has 0 aliphatic heterocycles. The maximum Gasteiger partial charge on any atom is 0.326 e. The van der Waals surface area contributed by atoms with Crippen LogP contribution < -0.4 is 21.1 Å². The van der Waals surface area contributed by atoms with Crippen LogP contribution in [0.5, 0.6) is 0 Å². The molecule has 0 aliphatic carbocycles. The molecule has 15 heteroatoms. The third-order valence-corrected chi connectivity index (χ3v) is 10.6. The van der Waals surface area contributed by atoms with Gasteiger partial charge in [-0.05, 0) is 42.5 Å². The number of fused-ring (bicyclic) bond motifs is 1. The Morgan fingerprint density at radius 3 is 2.23 bits per heavy atom. The van der Waals surface area contributed by atoms with Gasteiger partial charge < -0.3 is 36.2 Å². The molecule has 2 aromatic carbocycles. The summed E-state index contributed by atoms with van der Waals surface area (Å²) < 4.78 is 26.4. The van der Waals surface area contributed by atoms with Crippen LogP contribution in [-0.4, -0.2) is 82.5 Å². The summed E-state index contributed by atoms with van der Waals surface area (Å²) in [7, 11) is -8.04. The number of carbonyl (C=O) groups excluding carboxylic acids is 2. The zero-order chi connectivity index (χ0) is 34.8. The van der Waals surface area contributed by atoms with E-state index in [9.17, 15) is 37.7 Å². The highest BCUT2D eigenvalue weighted by molar-refractivity contribution is 7.88. The van der Waals surface area contributed by atoms with Gasteiger partial charge >= 0.3 is 5.97 Å². The molecule has 2 amide bonds. The Morgan fingerprint density at radius 2 is 1.62 bits per heavy atom. The van der Waals surface area contributed by atoms with Gasteiger partial charge in [-0.25, -0.2) is 17.9 Å². The summed E-state index contributed by atoms with van der Waals surface area (Å²) in [6, 6.07) is 13.6. The number of nitrogens with one attached hydrogen (secondary N) is 4. The molecule has 1 aromatic heterocycles. The van der Waals surface area contributed by atoms with E-state index in [1.54, 1.807) is 50.4 Å². The normalized spacial score (nSPS) is 14.0. The number of carboxylic acids is 1. The van der Waals surface area contributed by atoms with E-state index in [-0.39, 0.29) is 24.7 Å². The van der Waals surface area contributed by atoms with Gasteiger partial charge in [0, 0.05) is 42.0 Å². The Labute approximate surface area is 275 Å².